The molecule has 3 atom stereocenters. The molecule has 1 aliphatic rings. The highest BCUT2D eigenvalue weighted by atomic mass is 16.5. The third kappa shape index (κ3) is 2.70. The zero-order valence-electron chi connectivity index (χ0n) is 8.32. The third-order valence-electron chi connectivity index (χ3n) is 2.47. The summed E-state index contributed by atoms with van der Waals surface area (Å²) in [4.78, 5) is 21.8. The first kappa shape index (κ1) is 11.0. The van der Waals surface area contributed by atoms with Gasteiger partial charge in [0.15, 0.2) is 6.10 Å². The predicted octanol–water partition coefficient (Wildman–Crippen LogP) is -0.142. The molecular weight excluding hydrogens is 186 g/mol. The van der Waals surface area contributed by atoms with Crippen LogP contribution in [0, 0.1) is 11.8 Å². The Kier molecular flexibility index (Phi) is 3.46. The fraction of sp³-hybridized carbons (Fsp3) is 0.778. The van der Waals surface area contributed by atoms with E-state index < -0.39 is 12.1 Å². The van der Waals surface area contributed by atoms with E-state index in [0.717, 1.165) is 6.42 Å². The highest BCUT2D eigenvalue weighted by Crippen LogP contribution is 2.37. The second kappa shape index (κ2) is 4.41. The first-order chi connectivity index (χ1) is 6.56. The van der Waals surface area contributed by atoms with Crippen LogP contribution in [-0.4, -0.2) is 36.7 Å². The van der Waals surface area contributed by atoms with Crippen LogP contribution in [-0.2, 0) is 14.3 Å². The number of hydrogen-bond donors (Lipinski definition) is 2. The molecule has 0 radical (unpaired) electrons. The average Bonchev–Trinajstić information content (AvgIpc) is 2.83. The molecule has 5 heteroatoms. The first-order valence-corrected chi connectivity index (χ1v) is 4.59. The van der Waals surface area contributed by atoms with Crippen molar-refractivity contribution in [3.63, 3.8) is 0 Å². The van der Waals surface area contributed by atoms with Gasteiger partial charge in [-0.3, -0.25) is 4.79 Å². The van der Waals surface area contributed by atoms with Gasteiger partial charge in [0, 0.05) is 13.0 Å². The predicted molar refractivity (Wildman–Crippen MR) is 48.7 cm³/mol. The lowest BCUT2D eigenvalue weighted by Crippen LogP contribution is -2.38. The van der Waals surface area contributed by atoms with E-state index >= 15 is 0 Å². The van der Waals surface area contributed by atoms with Crippen LogP contribution in [0.25, 0.3) is 0 Å². The van der Waals surface area contributed by atoms with Crippen molar-refractivity contribution in [3.05, 3.63) is 0 Å². The number of methoxy groups -OCH3 is 1. The van der Waals surface area contributed by atoms with E-state index in [2.05, 4.69) is 10.1 Å². The molecule has 0 aliphatic heterocycles. The Bertz CT molecular complexity index is 241. The van der Waals surface area contributed by atoms with Gasteiger partial charge in [0.1, 0.15) is 0 Å². The minimum Gasteiger partial charge on any atom is -0.479 e. The zero-order chi connectivity index (χ0) is 10.7. The molecule has 80 valence electrons. The van der Waals surface area contributed by atoms with Crippen molar-refractivity contribution < 1.29 is 19.4 Å². The van der Waals surface area contributed by atoms with Crippen molar-refractivity contribution >= 4 is 11.9 Å². The van der Waals surface area contributed by atoms with Crippen molar-refractivity contribution in [1.82, 2.24) is 5.32 Å². The summed E-state index contributed by atoms with van der Waals surface area (Å²) >= 11 is 0. The molecule has 0 aromatic carbocycles. The summed E-state index contributed by atoms with van der Waals surface area (Å²) in [5.74, 6) is -0.625. The summed E-state index contributed by atoms with van der Waals surface area (Å²) < 4.78 is 4.67. The van der Waals surface area contributed by atoms with Crippen LogP contribution >= 0.6 is 0 Å². The van der Waals surface area contributed by atoms with Gasteiger partial charge in [-0.25, -0.2) is 4.79 Å². The third-order valence-corrected chi connectivity index (χ3v) is 2.47. The van der Waals surface area contributed by atoms with Crippen molar-refractivity contribution in [1.29, 1.82) is 0 Å². The number of hydrogen-bond acceptors (Lipinski definition) is 3. The van der Waals surface area contributed by atoms with E-state index in [1.807, 2.05) is 6.92 Å². The molecule has 0 spiro atoms. The molecule has 0 aromatic rings. The number of nitrogens with one attached hydrogen (secondary N) is 1. The number of carboxylic acids is 1. The molecule has 1 amide bonds. The molecule has 3 unspecified atom stereocenters. The summed E-state index contributed by atoms with van der Waals surface area (Å²) in [7, 11) is 1.31. The summed E-state index contributed by atoms with van der Waals surface area (Å²) in [6.45, 7) is 2.03. The number of rotatable bonds is 5. The summed E-state index contributed by atoms with van der Waals surface area (Å²) in [5, 5.41) is 11.2. The Labute approximate surface area is 82.4 Å². The molecule has 1 saturated carbocycles. The molecule has 14 heavy (non-hydrogen) atoms. The maximum absolute atomic E-state index is 11.3. The maximum Gasteiger partial charge on any atom is 0.334 e. The quantitative estimate of drug-likeness (QED) is 0.649. The molecule has 5 nitrogen and oxygen atoms in total. The van der Waals surface area contributed by atoms with Crippen LogP contribution in [0.1, 0.15) is 13.3 Å². The maximum atomic E-state index is 11.3. The average molecular weight is 201 g/mol. The number of carboxylic acid groups (broad SMARTS) is 1. The van der Waals surface area contributed by atoms with Crippen LogP contribution < -0.4 is 5.32 Å². The molecule has 1 rings (SSSR count). The summed E-state index contributed by atoms with van der Waals surface area (Å²) in [6.07, 6.45) is -0.0516. The monoisotopic (exact) mass is 201 g/mol. The van der Waals surface area contributed by atoms with Gasteiger partial charge in [-0.2, -0.15) is 0 Å². The largest absolute Gasteiger partial charge is 0.479 e. The van der Waals surface area contributed by atoms with Gasteiger partial charge in [0.25, 0.3) is 0 Å². The number of amides is 1. The number of aliphatic carboxylic acids is 1. The first-order valence-electron chi connectivity index (χ1n) is 4.59. The van der Waals surface area contributed by atoms with Gasteiger partial charge >= 0.3 is 5.97 Å². The Balaban J connectivity index is 2.25. The fourth-order valence-corrected chi connectivity index (χ4v) is 1.28. The van der Waals surface area contributed by atoms with Crippen LogP contribution in [0.4, 0.5) is 0 Å². The highest BCUT2D eigenvalue weighted by Gasteiger charge is 2.39. The van der Waals surface area contributed by atoms with Crippen molar-refractivity contribution in [2.45, 2.75) is 19.4 Å². The Morgan fingerprint density at radius 1 is 1.64 bits per heavy atom. The van der Waals surface area contributed by atoms with Crippen molar-refractivity contribution in [2.24, 2.45) is 11.8 Å². The lowest BCUT2D eigenvalue weighted by atomic mass is 10.3. The summed E-state index contributed by atoms with van der Waals surface area (Å²) in [6, 6.07) is 0. The molecule has 0 aromatic heterocycles. The van der Waals surface area contributed by atoms with Crippen LogP contribution in [0.5, 0.6) is 0 Å². The van der Waals surface area contributed by atoms with Crippen LogP contribution in [0.3, 0.4) is 0 Å². The van der Waals surface area contributed by atoms with Gasteiger partial charge in [0.2, 0.25) is 5.91 Å². The second-order valence-corrected chi connectivity index (χ2v) is 3.63. The van der Waals surface area contributed by atoms with Gasteiger partial charge in [-0.15, -0.1) is 0 Å². The SMILES string of the molecule is COC(CNC(=O)C1CC1C)C(=O)O. The van der Waals surface area contributed by atoms with E-state index in [4.69, 9.17) is 5.11 Å². The van der Waals surface area contributed by atoms with Crippen LogP contribution in [0.2, 0.25) is 0 Å². The molecular formula is C9H15NO4. The van der Waals surface area contributed by atoms with Crippen LogP contribution in [0.15, 0.2) is 0 Å². The number of carbonyl (C=O) groups is 2. The molecule has 1 aliphatic carbocycles. The van der Waals surface area contributed by atoms with E-state index in [0.29, 0.717) is 5.92 Å². The molecule has 2 N–H and O–H groups in total. The second-order valence-electron chi connectivity index (χ2n) is 3.63. The standard InChI is InChI=1S/C9H15NO4/c1-5-3-6(5)8(11)10-4-7(14-2)9(12)13/h5-7H,3-4H2,1-2H3,(H,10,11)(H,12,13). The molecule has 0 saturated heterocycles. The highest BCUT2D eigenvalue weighted by molar-refractivity contribution is 5.82. The normalized spacial score (nSPS) is 26.7. The minimum absolute atomic E-state index is 0.0356. The lowest BCUT2D eigenvalue weighted by molar-refractivity contribution is -0.148. The number of ether oxygens (including phenoxy) is 1. The minimum atomic E-state index is -1.06. The smallest absolute Gasteiger partial charge is 0.334 e. The van der Waals surface area contributed by atoms with Gasteiger partial charge in [-0.1, -0.05) is 6.92 Å². The van der Waals surface area contributed by atoms with E-state index in [1.54, 1.807) is 0 Å². The molecule has 0 heterocycles. The lowest BCUT2D eigenvalue weighted by Gasteiger charge is -2.11. The van der Waals surface area contributed by atoms with E-state index in [9.17, 15) is 9.59 Å². The Hall–Kier alpha value is -1.10. The van der Waals surface area contributed by atoms with Crippen molar-refractivity contribution in [3.8, 4) is 0 Å². The molecule has 0 bridgehead atoms. The van der Waals surface area contributed by atoms with Gasteiger partial charge in [-0.05, 0) is 12.3 Å². The fourth-order valence-electron chi connectivity index (χ4n) is 1.28. The zero-order valence-corrected chi connectivity index (χ0v) is 8.32. The number of carbonyl (C=O) groups excluding carboxylic acids is 1. The Morgan fingerprint density at radius 3 is 2.57 bits per heavy atom. The van der Waals surface area contributed by atoms with Gasteiger partial charge < -0.3 is 15.2 Å². The van der Waals surface area contributed by atoms with Crippen molar-refractivity contribution in [2.75, 3.05) is 13.7 Å². The van der Waals surface area contributed by atoms with E-state index in [1.165, 1.54) is 7.11 Å². The molecule has 1 fully saturated rings. The van der Waals surface area contributed by atoms with Gasteiger partial charge in [0.05, 0.1) is 6.54 Å². The van der Waals surface area contributed by atoms with E-state index in [-0.39, 0.29) is 18.4 Å². The topological polar surface area (TPSA) is 75.6 Å². The summed E-state index contributed by atoms with van der Waals surface area (Å²) in [5.41, 5.74) is 0. The Morgan fingerprint density at radius 2 is 2.21 bits per heavy atom.